The minimum absolute atomic E-state index is 0.0358. The molecule has 5 heteroatoms. The topological polar surface area (TPSA) is 69.2 Å². The molecule has 0 fully saturated rings. The first-order valence-electron chi connectivity index (χ1n) is 5.92. The zero-order valence-corrected chi connectivity index (χ0v) is 10.6. The lowest BCUT2D eigenvalue weighted by Crippen LogP contribution is -2.38. The van der Waals surface area contributed by atoms with Gasteiger partial charge in [-0.25, -0.2) is 0 Å². The number of likely N-dealkylation sites (N-methyl/N-ethyl adjacent to an activating group) is 1. The van der Waals surface area contributed by atoms with Crippen molar-refractivity contribution in [2.75, 3.05) is 13.7 Å². The summed E-state index contributed by atoms with van der Waals surface area (Å²) in [5.41, 5.74) is 1.67. The summed E-state index contributed by atoms with van der Waals surface area (Å²) in [6, 6.07) is 7.50. The van der Waals surface area contributed by atoms with E-state index in [9.17, 15) is 4.79 Å². The Morgan fingerprint density at radius 3 is 2.94 bits per heavy atom. The van der Waals surface area contributed by atoms with E-state index in [1.54, 1.807) is 11.9 Å². The van der Waals surface area contributed by atoms with Crippen LogP contribution in [0.25, 0.3) is 10.9 Å². The summed E-state index contributed by atoms with van der Waals surface area (Å²) in [6.07, 6.45) is 0.265. The third kappa shape index (κ3) is 2.36. The van der Waals surface area contributed by atoms with Gasteiger partial charge in [0.15, 0.2) is 0 Å². The molecule has 0 spiro atoms. The molecule has 0 saturated carbocycles. The highest BCUT2D eigenvalue weighted by atomic mass is 16.3. The smallest absolute Gasteiger partial charge is 0.228 e. The quantitative estimate of drug-likeness (QED) is 0.845. The maximum atomic E-state index is 12.0. The molecule has 1 aromatic heterocycles. The maximum Gasteiger partial charge on any atom is 0.228 e. The number of aromatic nitrogens is 2. The SMILES string of the molecule is CC(CO)N(C)C(=O)Cc1[nH]nc2ccccc12. The number of carbonyl (C=O) groups is 1. The number of nitrogens with one attached hydrogen (secondary N) is 1. The van der Waals surface area contributed by atoms with Gasteiger partial charge in [-0.2, -0.15) is 5.10 Å². The van der Waals surface area contributed by atoms with E-state index in [1.807, 2.05) is 31.2 Å². The number of aromatic amines is 1. The van der Waals surface area contributed by atoms with Crippen molar-refractivity contribution in [2.24, 2.45) is 0 Å². The minimum atomic E-state index is -0.174. The monoisotopic (exact) mass is 247 g/mol. The third-order valence-corrected chi connectivity index (χ3v) is 3.19. The Bertz CT molecular complexity index is 550. The third-order valence-electron chi connectivity index (χ3n) is 3.19. The molecule has 2 N–H and O–H groups in total. The van der Waals surface area contributed by atoms with Gasteiger partial charge in [-0.1, -0.05) is 18.2 Å². The summed E-state index contributed by atoms with van der Waals surface area (Å²) >= 11 is 0. The molecule has 96 valence electrons. The molecular weight excluding hydrogens is 230 g/mol. The van der Waals surface area contributed by atoms with Crippen LogP contribution in [-0.2, 0) is 11.2 Å². The second-order valence-electron chi connectivity index (χ2n) is 4.43. The number of H-pyrrole nitrogens is 1. The molecule has 0 aliphatic rings. The first-order chi connectivity index (χ1) is 8.63. The Morgan fingerprint density at radius 1 is 1.50 bits per heavy atom. The highest BCUT2D eigenvalue weighted by molar-refractivity contribution is 5.87. The van der Waals surface area contributed by atoms with E-state index in [1.165, 1.54) is 0 Å². The van der Waals surface area contributed by atoms with Crippen LogP contribution in [0.2, 0.25) is 0 Å². The lowest BCUT2D eigenvalue weighted by molar-refractivity contribution is -0.131. The molecule has 0 bridgehead atoms. The van der Waals surface area contributed by atoms with Gasteiger partial charge in [0, 0.05) is 12.4 Å². The molecule has 0 aliphatic carbocycles. The fourth-order valence-electron chi connectivity index (χ4n) is 1.79. The van der Waals surface area contributed by atoms with Gasteiger partial charge >= 0.3 is 0 Å². The van der Waals surface area contributed by atoms with Gasteiger partial charge in [0.25, 0.3) is 0 Å². The molecule has 1 amide bonds. The lowest BCUT2D eigenvalue weighted by atomic mass is 10.1. The molecule has 0 aliphatic heterocycles. The van der Waals surface area contributed by atoms with Crippen molar-refractivity contribution in [1.29, 1.82) is 0 Å². The number of aliphatic hydroxyl groups excluding tert-OH is 1. The zero-order chi connectivity index (χ0) is 13.1. The zero-order valence-electron chi connectivity index (χ0n) is 10.6. The molecule has 1 unspecified atom stereocenters. The summed E-state index contributed by atoms with van der Waals surface area (Å²) < 4.78 is 0. The average Bonchev–Trinajstić information content (AvgIpc) is 2.80. The van der Waals surface area contributed by atoms with Gasteiger partial charge in [-0.3, -0.25) is 9.89 Å². The van der Waals surface area contributed by atoms with E-state index in [0.29, 0.717) is 0 Å². The molecule has 1 atom stereocenters. The number of nitrogens with zero attached hydrogens (tertiary/aromatic N) is 2. The molecule has 0 radical (unpaired) electrons. The molecule has 5 nitrogen and oxygen atoms in total. The van der Waals surface area contributed by atoms with Crippen molar-refractivity contribution in [3.05, 3.63) is 30.0 Å². The van der Waals surface area contributed by atoms with Gasteiger partial charge in [0.1, 0.15) is 0 Å². The van der Waals surface area contributed by atoms with Gasteiger partial charge in [-0.15, -0.1) is 0 Å². The van der Waals surface area contributed by atoms with Crippen LogP contribution in [-0.4, -0.2) is 45.8 Å². The van der Waals surface area contributed by atoms with E-state index in [4.69, 9.17) is 5.11 Å². The Hall–Kier alpha value is -1.88. The van der Waals surface area contributed by atoms with Crippen LogP contribution < -0.4 is 0 Å². The van der Waals surface area contributed by atoms with Crippen molar-refractivity contribution in [1.82, 2.24) is 15.1 Å². The Balaban J connectivity index is 2.16. The molecular formula is C13H17N3O2. The second kappa shape index (κ2) is 5.18. The number of amides is 1. The first-order valence-corrected chi connectivity index (χ1v) is 5.92. The van der Waals surface area contributed by atoms with Crippen molar-refractivity contribution < 1.29 is 9.90 Å². The summed E-state index contributed by atoms with van der Waals surface area (Å²) in [5, 5.41) is 17.1. The van der Waals surface area contributed by atoms with E-state index in [0.717, 1.165) is 16.6 Å². The average molecular weight is 247 g/mol. The number of fused-ring (bicyclic) bond motifs is 1. The molecule has 0 saturated heterocycles. The number of hydrogen-bond donors (Lipinski definition) is 2. The van der Waals surface area contributed by atoms with E-state index in [-0.39, 0.29) is 25.0 Å². The van der Waals surface area contributed by atoms with Gasteiger partial charge in [-0.05, 0) is 13.0 Å². The predicted molar refractivity (Wildman–Crippen MR) is 69.1 cm³/mol. The number of carbonyl (C=O) groups excluding carboxylic acids is 1. The summed E-state index contributed by atoms with van der Waals surface area (Å²) in [5.74, 6) is -0.0362. The van der Waals surface area contributed by atoms with Crippen LogP contribution in [0, 0.1) is 0 Å². The summed E-state index contributed by atoms with van der Waals surface area (Å²) in [6.45, 7) is 1.77. The fraction of sp³-hybridized carbons (Fsp3) is 0.385. The lowest BCUT2D eigenvalue weighted by Gasteiger charge is -2.22. The molecule has 2 aromatic rings. The number of benzene rings is 1. The normalized spacial score (nSPS) is 12.6. The van der Waals surface area contributed by atoms with Crippen LogP contribution in [0.3, 0.4) is 0 Å². The van der Waals surface area contributed by atoms with Crippen LogP contribution >= 0.6 is 0 Å². The van der Waals surface area contributed by atoms with Crippen molar-refractivity contribution in [2.45, 2.75) is 19.4 Å². The highest BCUT2D eigenvalue weighted by Crippen LogP contribution is 2.16. The van der Waals surface area contributed by atoms with Crippen LogP contribution in [0.4, 0.5) is 0 Å². The second-order valence-corrected chi connectivity index (χ2v) is 4.43. The van der Waals surface area contributed by atoms with Crippen LogP contribution in [0.1, 0.15) is 12.6 Å². The Kier molecular flexibility index (Phi) is 3.62. The molecule has 1 aromatic carbocycles. The fourth-order valence-corrected chi connectivity index (χ4v) is 1.79. The number of aliphatic hydroxyl groups is 1. The predicted octanol–water partition coefficient (Wildman–Crippen LogP) is 0.945. The van der Waals surface area contributed by atoms with Crippen molar-refractivity contribution >= 4 is 16.8 Å². The van der Waals surface area contributed by atoms with Gasteiger partial charge in [0.2, 0.25) is 5.91 Å². The largest absolute Gasteiger partial charge is 0.394 e. The Morgan fingerprint density at radius 2 is 2.22 bits per heavy atom. The van der Waals surface area contributed by atoms with Crippen LogP contribution in [0.15, 0.2) is 24.3 Å². The van der Waals surface area contributed by atoms with Crippen LogP contribution in [0.5, 0.6) is 0 Å². The standard InChI is InChI=1S/C13H17N3O2/c1-9(8-17)16(2)13(18)7-12-10-5-3-4-6-11(10)14-15-12/h3-6,9,17H,7-8H2,1-2H3,(H,14,15). The molecule has 1 heterocycles. The summed E-state index contributed by atoms with van der Waals surface area (Å²) in [7, 11) is 1.70. The molecule has 2 rings (SSSR count). The van der Waals surface area contributed by atoms with E-state index in [2.05, 4.69) is 10.2 Å². The first kappa shape index (κ1) is 12.6. The van der Waals surface area contributed by atoms with Crippen molar-refractivity contribution in [3.63, 3.8) is 0 Å². The number of rotatable bonds is 4. The minimum Gasteiger partial charge on any atom is -0.394 e. The van der Waals surface area contributed by atoms with Crippen molar-refractivity contribution in [3.8, 4) is 0 Å². The van der Waals surface area contributed by atoms with Gasteiger partial charge < -0.3 is 10.0 Å². The highest BCUT2D eigenvalue weighted by Gasteiger charge is 2.17. The number of hydrogen-bond acceptors (Lipinski definition) is 3. The molecule has 18 heavy (non-hydrogen) atoms. The van der Waals surface area contributed by atoms with Gasteiger partial charge in [0.05, 0.1) is 30.3 Å². The Labute approximate surface area is 105 Å². The number of para-hydroxylation sites is 1. The summed E-state index contributed by atoms with van der Waals surface area (Å²) in [4.78, 5) is 13.6. The van der Waals surface area contributed by atoms with E-state index >= 15 is 0 Å². The van der Waals surface area contributed by atoms with E-state index < -0.39 is 0 Å². The maximum absolute atomic E-state index is 12.0.